The Balaban J connectivity index is 1.83. The molecule has 0 aliphatic heterocycles. The van der Waals surface area contributed by atoms with Gasteiger partial charge in [0, 0.05) is 17.9 Å². The molecule has 1 atom stereocenters. The van der Waals surface area contributed by atoms with Gasteiger partial charge >= 0.3 is 0 Å². The molecule has 96 valence electrons. The van der Waals surface area contributed by atoms with E-state index in [1.54, 1.807) is 6.92 Å². The minimum absolute atomic E-state index is 0.435. The fourth-order valence-corrected chi connectivity index (χ4v) is 1.98. The molecular weight excluding hydrogens is 298 g/mol. The summed E-state index contributed by atoms with van der Waals surface area (Å²) in [7, 11) is 0. The maximum Gasteiger partial charge on any atom is 0.223 e. The molecule has 2 rings (SSSR count). The number of aryl methyl sites for hydroxylation is 1. The van der Waals surface area contributed by atoms with E-state index < -0.39 is 6.10 Å². The average molecular weight is 312 g/mol. The molecule has 1 aromatic carbocycles. The first-order valence-corrected chi connectivity index (χ1v) is 6.38. The third-order valence-corrected chi connectivity index (χ3v) is 2.92. The van der Waals surface area contributed by atoms with Crippen molar-refractivity contribution in [2.24, 2.45) is 0 Å². The molecule has 0 radical (unpaired) electrons. The lowest BCUT2D eigenvalue weighted by Crippen LogP contribution is -2.21. The standard InChI is InChI=1S/C12H14BrN3O2/c1-8-15-12(16-18-8)7-14-6-11(17)9-3-2-4-10(13)5-9/h2-5,11,14,17H,6-7H2,1H3. The molecular formula is C12H14BrN3O2. The maximum absolute atomic E-state index is 9.98. The average Bonchev–Trinajstić information content (AvgIpc) is 2.75. The van der Waals surface area contributed by atoms with Crippen molar-refractivity contribution in [1.82, 2.24) is 15.5 Å². The van der Waals surface area contributed by atoms with Crippen LogP contribution in [-0.4, -0.2) is 21.8 Å². The van der Waals surface area contributed by atoms with Crippen LogP contribution in [0.5, 0.6) is 0 Å². The molecule has 1 heterocycles. The minimum atomic E-state index is -0.560. The monoisotopic (exact) mass is 311 g/mol. The molecule has 0 saturated heterocycles. The van der Waals surface area contributed by atoms with Crippen LogP contribution in [0.2, 0.25) is 0 Å². The highest BCUT2D eigenvalue weighted by molar-refractivity contribution is 9.10. The molecule has 0 aliphatic carbocycles. The summed E-state index contributed by atoms with van der Waals surface area (Å²) in [6.45, 7) is 2.65. The Kier molecular flexibility index (Phi) is 4.46. The maximum atomic E-state index is 9.98. The molecule has 18 heavy (non-hydrogen) atoms. The number of nitrogens with one attached hydrogen (secondary N) is 1. The van der Waals surface area contributed by atoms with E-state index in [9.17, 15) is 5.11 Å². The van der Waals surface area contributed by atoms with Crippen molar-refractivity contribution < 1.29 is 9.63 Å². The van der Waals surface area contributed by atoms with Gasteiger partial charge in [0.05, 0.1) is 12.6 Å². The number of rotatable bonds is 5. The van der Waals surface area contributed by atoms with Crippen LogP contribution in [-0.2, 0) is 6.54 Å². The number of aromatic nitrogens is 2. The highest BCUT2D eigenvalue weighted by Crippen LogP contribution is 2.17. The van der Waals surface area contributed by atoms with Gasteiger partial charge in [0.2, 0.25) is 5.89 Å². The van der Waals surface area contributed by atoms with Crippen molar-refractivity contribution in [3.63, 3.8) is 0 Å². The Morgan fingerprint density at radius 1 is 1.50 bits per heavy atom. The summed E-state index contributed by atoms with van der Waals surface area (Å²) in [5, 5.41) is 16.8. The number of aliphatic hydroxyl groups is 1. The van der Waals surface area contributed by atoms with Gasteiger partial charge in [0.25, 0.3) is 0 Å². The zero-order valence-electron chi connectivity index (χ0n) is 9.93. The first-order valence-electron chi connectivity index (χ1n) is 5.58. The second-order valence-electron chi connectivity index (χ2n) is 3.93. The van der Waals surface area contributed by atoms with Gasteiger partial charge in [-0.15, -0.1) is 0 Å². The molecule has 0 bridgehead atoms. The van der Waals surface area contributed by atoms with Gasteiger partial charge in [0.15, 0.2) is 5.82 Å². The molecule has 2 N–H and O–H groups in total. The summed E-state index contributed by atoms with van der Waals surface area (Å²) in [6, 6.07) is 7.59. The largest absolute Gasteiger partial charge is 0.387 e. The van der Waals surface area contributed by atoms with Gasteiger partial charge in [-0.1, -0.05) is 33.2 Å². The molecule has 1 unspecified atom stereocenters. The highest BCUT2D eigenvalue weighted by Gasteiger charge is 2.08. The normalized spacial score (nSPS) is 12.6. The highest BCUT2D eigenvalue weighted by atomic mass is 79.9. The first kappa shape index (κ1) is 13.2. The van der Waals surface area contributed by atoms with E-state index in [0.29, 0.717) is 24.8 Å². The smallest absolute Gasteiger partial charge is 0.223 e. The van der Waals surface area contributed by atoms with Gasteiger partial charge in [0.1, 0.15) is 0 Å². The minimum Gasteiger partial charge on any atom is -0.387 e. The summed E-state index contributed by atoms with van der Waals surface area (Å²) in [6.07, 6.45) is -0.560. The second kappa shape index (κ2) is 6.08. The number of hydrogen-bond acceptors (Lipinski definition) is 5. The van der Waals surface area contributed by atoms with Crippen LogP contribution in [0, 0.1) is 6.92 Å². The Bertz CT molecular complexity index is 516. The van der Waals surface area contributed by atoms with Crippen LogP contribution < -0.4 is 5.32 Å². The number of nitrogens with zero attached hydrogens (tertiary/aromatic N) is 2. The van der Waals surface area contributed by atoms with Crippen molar-refractivity contribution in [1.29, 1.82) is 0 Å². The predicted molar refractivity (Wildman–Crippen MR) is 69.8 cm³/mol. The van der Waals surface area contributed by atoms with E-state index in [0.717, 1.165) is 10.0 Å². The summed E-state index contributed by atoms with van der Waals surface area (Å²) in [5.74, 6) is 1.13. The Morgan fingerprint density at radius 2 is 2.33 bits per heavy atom. The van der Waals surface area contributed by atoms with Crippen LogP contribution in [0.15, 0.2) is 33.3 Å². The topological polar surface area (TPSA) is 71.2 Å². The zero-order valence-corrected chi connectivity index (χ0v) is 11.5. The van der Waals surface area contributed by atoms with Gasteiger partial charge in [-0.05, 0) is 17.7 Å². The number of hydrogen-bond donors (Lipinski definition) is 2. The fraction of sp³-hybridized carbons (Fsp3) is 0.333. The molecule has 5 nitrogen and oxygen atoms in total. The van der Waals surface area contributed by atoms with Crippen LogP contribution in [0.3, 0.4) is 0 Å². The summed E-state index contributed by atoms with van der Waals surface area (Å²) in [4.78, 5) is 4.06. The summed E-state index contributed by atoms with van der Waals surface area (Å²) < 4.78 is 5.80. The van der Waals surface area contributed by atoms with Gasteiger partial charge < -0.3 is 14.9 Å². The molecule has 0 aliphatic rings. The predicted octanol–water partition coefficient (Wildman–Crippen LogP) is 1.96. The van der Waals surface area contributed by atoms with Crippen LogP contribution in [0.1, 0.15) is 23.4 Å². The second-order valence-corrected chi connectivity index (χ2v) is 4.85. The molecule has 1 aromatic heterocycles. The van der Waals surface area contributed by atoms with E-state index in [1.807, 2.05) is 24.3 Å². The van der Waals surface area contributed by atoms with Crippen LogP contribution in [0.25, 0.3) is 0 Å². The summed E-state index contributed by atoms with van der Waals surface area (Å²) in [5.41, 5.74) is 0.862. The molecule has 6 heteroatoms. The lowest BCUT2D eigenvalue weighted by atomic mass is 10.1. The lowest BCUT2D eigenvalue weighted by molar-refractivity contribution is 0.174. The van der Waals surface area contributed by atoms with E-state index in [1.165, 1.54) is 0 Å². The third-order valence-electron chi connectivity index (χ3n) is 2.42. The van der Waals surface area contributed by atoms with Crippen molar-refractivity contribution in [3.05, 3.63) is 46.0 Å². The zero-order chi connectivity index (χ0) is 13.0. The Labute approximate surface area is 113 Å². The Hall–Kier alpha value is -1.24. The van der Waals surface area contributed by atoms with Gasteiger partial charge in [-0.25, -0.2) is 0 Å². The van der Waals surface area contributed by atoms with Gasteiger partial charge in [-0.3, -0.25) is 0 Å². The van der Waals surface area contributed by atoms with Crippen LogP contribution >= 0.6 is 15.9 Å². The van der Waals surface area contributed by atoms with Gasteiger partial charge in [-0.2, -0.15) is 4.98 Å². The molecule has 2 aromatic rings. The van der Waals surface area contributed by atoms with E-state index >= 15 is 0 Å². The van der Waals surface area contributed by atoms with E-state index in [-0.39, 0.29) is 0 Å². The quantitative estimate of drug-likeness (QED) is 0.883. The lowest BCUT2D eigenvalue weighted by Gasteiger charge is -2.11. The fourth-order valence-electron chi connectivity index (χ4n) is 1.57. The SMILES string of the molecule is Cc1nc(CNCC(O)c2cccc(Br)c2)no1. The number of aliphatic hydroxyl groups excluding tert-OH is 1. The van der Waals surface area contributed by atoms with Crippen LogP contribution in [0.4, 0.5) is 0 Å². The molecule has 0 fully saturated rings. The van der Waals surface area contributed by atoms with E-state index in [4.69, 9.17) is 4.52 Å². The molecule has 0 saturated carbocycles. The number of benzene rings is 1. The molecule has 0 spiro atoms. The molecule has 0 amide bonds. The first-order chi connectivity index (χ1) is 8.65. The van der Waals surface area contributed by atoms with Crippen molar-refractivity contribution in [2.45, 2.75) is 19.6 Å². The van der Waals surface area contributed by atoms with Crippen molar-refractivity contribution in [2.75, 3.05) is 6.54 Å². The number of halogens is 1. The van der Waals surface area contributed by atoms with Crippen molar-refractivity contribution in [3.8, 4) is 0 Å². The van der Waals surface area contributed by atoms with Crippen molar-refractivity contribution >= 4 is 15.9 Å². The Morgan fingerprint density at radius 3 is 3.00 bits per heavy atom. The summed E-state index contributed by atoms with van der Waals surface area (Å²) >= 11 is 3.37. The third kappa shape index (κ3) is 3.63. The van der Waals surface area contributed by atoms with E-state index in [2.05, 4.69) is 31.4 Å².